The van der Waals surface area contributed by atoms with Crippen LogP contribution in [-0.4, -0.2) is 104 Å². The van der Waals surface area contributed by atoms with Gasteiger partial charge in [0.1, 0.15) is 0 Å². The van der Waals surface area contributed by atoms with Crippen molar-refractivity contribution in [3.63, 3.8) is 0 Å². The number of carbonyl (C=O) groups is 2. The zero-order valence-corrected chi connectivity index (χ0v) is 40.9. The van der Waals surface area contributed by atoms with Gasteiger partial charge in [-0.3, -0.25) is 39.8 Å². The van der Waals surface area contributed by atoms with Crippen molar-refractivity contribution in [2.45, 2.75) is 50.6 Å². The monoisotopic (exact) mass is 1050 g/mol. The van der Waals surface area contributed by atoms with Crippen molar-refractivity contribution in [1.82, 2.24) is 29.6 Å². The Morgan fingerprint density at radius 3 is 1.29 bits per heavy atom. The SMILES string of the molecule is O=C(Cc1cc[n+](O)cc1)N1CCN([C@@H]2c3ccc(Cl)cc3CCc3cc(Br)cnc32)CC1.O=C(Cc1cc[n+](O)cc1)N1CCN([C@H]2c3ccc(Cl)cc3CCc3cc(Br)cnc32)CC1. The lowest BCUT2D eigenvalue weighted by molar-refractivity contribution is -0.904. The van der Waals surface area contributed by atoms with Gasteiger partial charge in [0, 0.05) is 117 Å². The van der Waals surface area contributed by atoms with E-state index >= 15 is 0 Å². The second-order valence-corrected chi connectivity index (χ2v) is 20.0. The summed E-state index contributed by atoms with van der Waals surface area (Å²) in [4.78, 5) is 44.2. The van der Waals surface area contributed by atoms with Crippen LogP contribution in [0.4, 0.5) is 0 Å². The second-order valence-electron chi connectivity index (χ2n) is 17.2. The average Bonchev–Trinajstić information content (AvgIpc) is 3.57. The number of benzene rings is 2. The summed E-state index contributed by atoms with van der Waals surface area (Å²) in [5.41, 5.74) is 11.5. The molecule has 6 aromatic rings. The molecule has 2 aliphatic heterocycles. The number of amides is 2. The molecule has 0 saturated carbocycles. The Morgan fingerprint density at radius 2 is 0.909 bits per heavy atom. The normalized spacial score (nSPS) is 18.4. The minimum atomic E-state index is 0.0502. The lowest BCUT2D eigenvalue weighted by Crippen LogP contribution is -2.50. The highest BCUT2D eigenvalue weighted by atomic mass is 79.9. The molecule has 4 aliphatic rings. The van der Waals surface area contributed by atoms with Crippen LogP contribution in [0.2, 0.25) is 10.0 Å². The van der Waals surface area contributed by atoms with E-state index in [1.54, 1.807) is 49.1 Å². The first kappa shape index (κ1) is 46.2. The lowest BCUT2D eigenvalue weighted by atomic mass is 9.96. The molecule has 12 nitrogen and oxygen atoms in total. The number of fused-ring (bicyclic) bond motifs is 4. The molecule has 16 heteroatoms. The standard InChI is InChI=1S/2C25H25BrClN4O2/c2*26-20-14-19-2-1-18-15-21(27)3-4-22(18)25(24(19)28-16-20)30-11-9-29(10-12-30)23(32)13-17-5-7-31(33)8-6-17/h2*3-8,14-16,25,33H,1-2,9-13H2/q2*+1/t2*25-/m10/s1. The predicted molar refractivity (Wildman–Crippen MR) is 257 cm³/mol. The summed E-state index contributed by atoms with van der Waals surface area (Å²) in [6.45, 7) is 5.83. The molecule has 340 valence electrons. The number of pyridine rings is 4. The predicted octanol–water partition coefficient (Wildman–Crippen LogP) is 7.19. The Balaban J connectivity index is 0.000000166. The maximum absolute atomic E-state index is 12.9. The molecule has 0 radical (unpaired) electrons. The van der Waals surface area contributed by atoms with Gasteiger partial charge in [0.15, 0.2) is 0 Å². The number of carbonyl (C=O) groups excluding carboxylic acids is 2. The van der Waals surface area contributed by atoms with Crippen LogP contribution in [0.1, 0.15) is 68.0 Å². The zero-order valence-electron chi connectivity index (χ0n) is 36.2. The highest BCUT2D eigenvalue weighted by Gasteiger charge is 2.35. The first-order valence-corrected chi connectivity index (χ1v) is 24.6. The third kappa shape index (κ3) is 10.6. The van der Waals surface area contributed by atoms with E-state index in [1.165, 1.54) is 33.4 Å². The molecule has 0 bridgehead atoms. The van der Waals surface area contributed by atoms with Crippen molar-refractivity contribution in [3.8, 4) is 0 Å². The van der Waals surface area contributed by atoms with E-state index in [0.717, 1.165) is 103 Å². The maximum Gasteiger partial charge on any atom is 0.227 e. The molecule has 0 spiro atoms. The third-order valence-corrected chi connectivity index (χ3v) is 14.5. The van der Waals surface area contributed by atoms with Gasteiger partial charge >= 0.3 is 0 Å². The van der Waals surface area contributed by atoms with E-state index in [4.69, 9.17) is 33.2 Å². The highest BCUT2D eigenvalue weighted by Crippen LogP contribution is 2.40. The van der Waals surface area contributed by atoms with Gasteiger partial charge in [-0.1, -0.05) is 35.3 Å². The summed E-state index contributed by atoms with van der Waals surface area (Å²) in [5, 5.41) is 20.3. The average molecular weight is 1060 g/mol. The van der Waals surface area contributed by atoms with Crippen LogP contribution in [0.5, 0.6) is 0 Å². The molecule has 66 heavy (non-hydrogen) atoms. The number of hydrogen-bond donors (Lipinski definition) is 2. The highest BCUT2D eigenvalue weighted by molar-refractivity contribution is 9.10. The summed E-state index contributed by atoms with van der Waals surface area (Å²) >= 11 is 19.8. The van der Waals surface area contributed by atoms with Gasteiger partial charge < -0.3 is 9.80 Å². The Labute approximate surface area is 411 Å². The van der Waals surface area contributed by atoms with E-state index in [9.17, 15) is 20.0 Å². The van der Waals surface area contributed by atoms with E-state index in [1.807, 2.05) is 34.3 Å². The van der Waals surface area contributed by atoms with Crippen LogP contribution in [-0.2, 0) is 48.1 Å². The Morgan fingerprint density at radius 1 is 0.545 bits per heavy atom. The summed E-state index contributed by atoms with van der Waals surface area (Å²) in [6, 6.07) is 23.9. The molecule has 0 unspecified atom stereocenters. The molecule has 4 aromatic heterocycles. The zero-order chi connectivity index (χ0) is 45.9. The summed E-state index contributed by atoms with van der Waals surface area (Å²) in [5.74, 6) is 0.224. The molecule has 2 amide bonds. The van der Waals surface area contributed by atoms with Crippen LogP contribution >= 0.6 is 55.1 Å². The summed E-state index contributed by atoms with van der Waals surface area (Å²) in [7, 11) is 0. The largest absolute Gasteiger partial charge is 0.340 e. The van der Waals surface area contributed by atoms with Crippen molar-refractivity contribution in [2.24, 2.45) is 0 Å². The van der Waals surface area contributed by atoms with Crippen LogP contribution in [0.25, 0.3) is 0 Å². The van der Waals surface area contributed by atoms with Gasteiger partial charge in [0.05, 0.1) is 36.3 Å². The lowest BCUT2D eigenvalue weighted by Gasteiger charge is -2.40. The van der Waals surface area contributed by atoms with Gasteiger partial charge in [-0.25, -0.2) is 0 Å². The molecule has 2 aliphatic carbocycles. The topological polar surface area (TPSA) is 121 Å². The van der Waals surface area contributed by atoms with Gasteiger partial charge in [0.25, 0.3) is 0 Å². The van der Waals surface area contributed by atoms with Crippen molar-refractivity contribution in [2.75, 3.05) is 52.4 Å². The molecule has 6 heterocycles. The number of hydrogen-bond acceptors (Lipinski definition) is 8. The van der Waals surface area contributed by atoms with Gasteiger partial charge in [-0.2, -0.15) is 0 Å². The summed E-state index contributed by atoms with van der Waals surface area (Å²) in [6.07, 6.45) is 14.3. The molecule has 2 aromatic carbocycles. The molecule has 2 saturated heterocycles. The van der Waals surface area contributed by atoms with E-state index in [0.29, 0.717) is 39.0 Å². The number of aryl methyl sites for hydroxylation is 4. The van der Waals surface area contributed by atoms with Crippen LogP contribution in [0.3, 0.4) is 0 Å². The fraction of sp³-hybridized carbons (Fsp3) is 0.320. The van der Waals surface area contributed by atoms with Crippen LogP contribution < -0.4 is 9.46 Å². The van der Waals surface area contributed by atoms with E-state index in [2.05, 4.69) is 78.1 Å². The minimum absolute atomic E-state index is 0.0502. The fourth-order valence-corrected chi connectivity index (χ4v) is 10.9. The molecule has 2 atom stereocenters. The van der Waals surface area contributed by atoms with E-state index in [-0.39, 0.29) is 23.9 Å². The van der Waals surface area contributed by atoms with Crippen molar-refractivity contribution in [3.05, 3.63) is 185 Å². The van der Waals surface area contributed by atoms with Crippen LogP contribution in [0, 0.1) is 0 Å². The number of nitrogens with zero attached hydrogens (tertiary/aromatic N) is 8. The fourth-order valence-electron chi connectivity index (χ4n) is 9.73. The Kier molecular flexibility index (Phi) is 14.3. The van der Waals surface area contributed by atoms with Gasteiger partial charge in [-0.05, 0) is 138 Å². The quantitative estimate of drug-likeness (QED) is 0.133. The molecule has 2 N–H and O–H groups in total. The second kappa shape index (κ2) is 20.5. The summed E-state index contributed by atoms with van der Waals surface area (Å²) < 4.78 is 3.95. The van der Waals surface area contributed by atoms with Crippen LogP contribution in [0.15, 0.2) is 119 Å². The Hall–Kier alpha value is -4.96. The number of halogens is 4. The molecule has 10 rings (SSSR count). The van der Waals surface area contributed by atoms with Gasteiger partial charge in [-0.15, -0.1) is 0 Å². The van der Waals surface area contributed by atoms with Crippen molar-refractivity contribution in [1.29, 1.82) is 0 Å². The van der Waals surface area contributed by atoms with Gasteiger partial charge in [0.2, 0.25) is 36.6 Å². The number of piperazine rings is 2. The Bertz CT molecular complexity index is 2440. The maximum atomic E-state index is 12.9. The minimum Gasteiger partial charge on any atom is -0.340 e. The molecular formula is C50H50Br2Cl2N8O4+2. The smallest absolute Gasteiger partial charge is 0.227 e. The van der Waals surface area contributed by atoms with E-state index < -0.39 is 0 Å². The number of aromatic nitrogens is 4. The van der Waals surface area contributed by atoms with Crippen molar-refractivity contribution < 1.29 is 29.5 Å². The number of rotatable bonds is 6. The third-order valence-electron chi connectivity index (χ3n) is 13.1. The van der Waals surface area contributed by atoms with Crippen molar-refractivity contribution >= 4 is 66.9 Å². The molecule has 2 fully saturated rings. The first-order chi connectivity index (χ1) is 31.9. The molecular weight excluding hydrogens is 1010 g/mol. The first-order valence-electron chi connectivity index (χ1n) is 22.2.